The summed E-state index contributed by atoms with van der Waals surface area (Å²) < 4.78 is 10.8. The van der Waals surface area contributed by atoms with Crippen molar-refractivity contribution >= 4 is 5.91 Å². The lowest BCUT2D eigenvalue weighted by Crippen LogP contribution is -2.43. The number of piperidine rings is 1. The molecule has 1 N–H and O–H groups in total. The van der Waals surface area contributed by atoms with Gasteiger partial charge in [-0.3, -0.25) is 9.69 Å². The number of benzene rings is 2. The van der Waals surface area contributed by atoms with Crippen molar-refractivity contribution in [3.8, 4) is 11.5 Å². The standard InChI is InChI=1S/C26H34N2O4/c1-31-23-11-10-21(17-24(23)32-2)22-9-6-14-28(22)25(29)18-27-15-12-20(13-16-27)26(30)19-7-4-3-5-8-19/h3-5,7-8,10-11,17,20,22,26,30H,6,9,12-16,18H2,1-2H3. The topological polar surface area (TPSA) is 62.2 Å². The SMILES string of the molecule is COc1ccc(C2CCCN2C(=O)CN2CCC(C(O)c3ccccc3)CC2)cc1OC. The molecule has 6 heteroatoms. The number of methoxy groups -OCH3 is 2. The number of amides is 1. The molecular formula is C26H34N2O4. The summed E-state index contributed by atoms with van der Waals surface area (Å²) >= 11 is 0. The molecule has 2 aromatic rings. The molecule has 0 spiro atoms. The van der Waals surface area contributed by atoms with Crippen LogP contribution < -0.4 is 9.47 Å². The van der Waals surface area contributed by atoms with Gasteiger partial charge in [-0.2, -0.15) is 0 Å². The molecule has 2 aromatic carbocycles. The zero-order valence-corrected chi connectivity index (χ0v) is 19.1. The van der Waals surface area contributed by atoms with Crippen LogP contribution in [0.25, 0.3) is 0 Å². The summed E-state index contributed by atoms with van der Waals surface area (Å²) in [5.74, 6) is 1.83. The number of aliphatic hydroxyl groups excluding tert-OH is 1. The molecule has 0 bridgehead atoms. The van der Waals surface area contributed by atoms with Crippen molar-refractivity contribution < 1.29 is 19.4 Å². The first-order valence-electron chi connectivity index (χ1n) is 11.6. The Morgan fingerprint density at radius 3 is 2.41 bits per heavy atom. The van der Waals surface area contributed by atoms with E-state index in [0.29, 0.717) is 18.0 Å². The van der Waals surface area contributed by atoms with Crippen LogP contribution >= 0.6 is 0 Å². The van der Waals surface area contributed by atoms with Crippen molar-refractivity contribution in [2.24, 2.45) is 5.92 Å². The predicted octanol–water partition coefficient (Wildman–Crippen LogP) is 3.81. The third kappa shape index (κ3) is 4.92. The summed E-state index contributed by atoms with van der Waals surface area (Å²) in [6.07, 6.45) is 3.36. The van der Waals surface area contributed by atoms with Crippen LogP contribution in [0, 0.1) is 5.92 Å². The van der Waals surface area contributed by atoms with E-state index in [0.717, 1.165) is 56.4 Å². The summed E-state index contributed by atoms with van der Waals surface area (Å²) in [6, 6.07) is 15.9. The van der Waals surface area contributed by atoms with Gasteiger partial charge in [-0.15, -0.1) is 0 Å². The highest BCUT2D eigenvalue weighted by molar-refractivity contribution is 5.79. The summed E-state index contributed by atoms with van der Waals surface area (Å²) in [6.45, 7) is 2.92. The Kier molecular flexibility index (Phi) is 7.33. The first-order chi connectivity index (χ1) is 15.6. The molecule has 2 aliphatic heterocycles. The molecule has 4 rings (SSSR count). The first kappa shape index (κ1) is 22.6. The molecule has 2 saturated heterocycles. The fourth-order valence-electron chi connectivity index (χ4n) is 5.10. The van der Waals surface area contributed by atoms with Crippen molar-refractivity contribution in [2.75, 3.05) is 40.4 Å². The summed E-state index contributed by atoms with van der Waals surface area (Å²) in [7, 11) is 3.27. The van der Waals surface area contributed by atoms with Crippen molar-refractivity contribution in [1.29, 1.82) is 0 Å². The number of nitrogens with zero attached hydrogens (tertiary/aromatic N) is 2. The molecule has 1 amide bonds. The van der Waals surface area contributed by atoms with E-state index >= 15 is 0 Å². The van der Waals surface area contributed by atoms with Crippen LogP contribution in [-0.2, 0) is 4.79 Å². The number of likely N-dealkylation sites (tertiary alicyclic amines) is 2. The van der Waals surface area contributed by atoms with Crippen molar-refractivity contribution in [3.63, 3.8) is 0 Å². The quantitative estimate of drug-likeness (QED) is 0.712. The van der Waals surface area contributed by atoms with E-state index in [9.17, 15) is 9.90 Å². The van der Waals surface area contributed by atoms with Gasteiger partial charge in [0.15, 0.2) is 11.5 Å². The Morgan fingerprint density at radius 1 is 1.00 bits per heavy atom. The Hall–Kier alpha value is -2.57. The molecule has 2 aliphatic rings. The highest BCUT2D eigenvalue weighted by atomic mass is 16.5. The number of aliphatic hydroxyl groups is 1. The molecule has 2 unspecified atom stereocenters. The van der Waals surface area contributed by atoms with E-state index in [2.05, 4.69) is 4.90 Å². The molecule has 0 aromatic heterocycles. The van der Waals surface area contributed by atoms with Crippen molar-refractivity contribution in [2.45, 2.75) is 37.8 Å². The smallest absolute Gasteiger partial charge is 0.237 e. The Labute approximate surface area is 190 Å². The van der Waals surface area contributed by atoms with Crippen LogP contribution in [0.4, 0.5) is 0 Å². The van der Waals surface area contributed by atoms with Crippen molar-refractivity contribution in [3.05, 3.63) is 59.7 Å². The third-order valence-corrected chi connectivity index (χ3v) is 6.94. The maximum absolute atomic E-state index is 13.2. The number of carbonyl (C=O) groups is 1. The molecule has 2 heterocycles. The summed E-state index contributed by atoms with van der Waals surface area (Å²) in [5, 5.41) is 10.7. The van der Waals surface area contributed by atoms with Gasteiger partial charge in [0.05, 0.1) is 32.9 Å². The fourth-order valence-corrected chi connectivity index (χ4v) is 5.10. The van der Waals surface area contributed by atoms with Crippen LogP contribution in [0.5, 0.6) is 11.5 Å². The monoisotopic (exact) mass is 438 g/mol. The zero-order valence-electron chi connectivity index (χ0n) is 19.1. The molecular weight excluding hydrogens is 404 g/mol. The Morgan fingerprint density at radius 2 is 1.72 bits per heavy atom. The number of rotatable bonds is 7. The van der Waals surface area contributed by atoms with Crippen LogP contribution in [0.15, 0.2) is 48.5 Å². The fraction of sp³-hybridized carbons (Fsp3) is 0.500. The minimum Gasteiger partial charge on any atom is -0.493 e. The molecule has 0 saturated carbocycles. The molecule has 0 radical (unpaired) electrons. The van der Waals surface area contributed by atoms with E-state index < -0.39 is 6.10 Å². The number of hydrogen-bond donors (Lipinski definition) is 1. The summed E-state index contributed by atoms with van der Waals surface area (Å²) in [4.78, 5) is 17.4. The second-order valence-electron chi connectivity index (χ2n) is 8.83. The van der Waals surface area contributed by atoms with E-state index in [1.165, 1.54) is 0 Å². The van der Waals surface area contributed by atoms with E-state index in [-0.39, 0.29) is 17.9 Å². The minimum atomic E-state index is -0.429. The number of hydrogen-bond acceptors (Lipinski definition) is 5. The minimum absolute atomic E-state index is 0.0831. The average molecular weight is 439 g/mol. The Balaban J connectivity index is 1.34. The zero-order chi connectivity index (χ0) is 22.5. The first-order valence-corrected chi connectivity index (χ1v) is 11.6. The second kappa shape index (κ2) is 10.4. The van der Waals surface area contributed by atoms with Crippen LogP contribution in [0.3, 0.4) is 0 Å². The van der Waals surface area contributed by atoms with Gasteiger partial charge >= 0.3 is 0 Å². The molecule has 6 nitrogen and oxygen atoms in total. The van der Waals surface area contributed by atoms with Crippen molar-refractivity contribution in [1.82, 2.24) is 9.80 Å². The summed E-state index contributed by atoms with van der Waals surface area (Å²) in [5.41, 5.74) is 2.08. The highest BCUT2D eigenvalue weighted by Gasteiger charge is 2.33. The molecule has 172 valence electrons. The second-order valence-corrected chi connectivity index (χ2v) is 8.83. The number of ether oxygens (including phenoxy) is 2. The van der Waals surface area contributed by atoms with Gasteiger partial charge in [-0.25, -0.2) is 0 Å². The van der Waals surface area contributed by atoms with Crippen LogP contribution in [0.2, 0.25) is 0 Å². The molecule has 32 heavy (non-hydrogen) atoms. The number of carbonyl (C=O) groups excluding carboxylic acids is 1. The third-order valence-electron chi connectivity index (χ3n) is 6.94. The van der Waals surface area contributed by atoms with E-state index in [1.807, 2.05) is 53.4 Å². The molecule has 2 fully saturated rings. The normalized spacial score (nSPS) is 20.8. The van der Waals surface area contributed by atoms with E-state index in [4.69, 9.17) is 9.47 Å². The lowest BCUT2D eigenvalue weighted by Gasteiger charge is -2.35. The molecule has 0 aliphatic carbocycles. The maximum atomic E-state index is 13.2. The van der Waals surface area contributed by atoms with Gasteiger partial charge in [0, 0.05) is 6.54 Å². The largest absolute Gasteiger partial charge is 0.493 e. The van der Waals surface area contributed by atoms with Gasteiger partial charge in [-0.05, 0) is 68.0 Å². The van der Waals surface area contributed by atoms with Gasteiger partial charge in [0.1, 0.15) is 0 Å². The lowest BCUT2D eigenvalue weighted by molar-refractivity contribution is -0.133. The average Bonchev–Trinajstić information content (AvgIpc) is 3.34. The Bertz CT molecular complexity index is 896. The molecule has 2 atom stereocenters. The van der Waals surface area contributed by atoms with Gasteiger partial charge < -0.3 is 19.5 Å². The van der Waals surface area contributed by atoms with Crippen LogP contribution in [-0.4, -0.2) is 61.2 Å². The van der Waals surface area contributed by atoms with Crippen LogP contribution in [0.1, 0.15) is 49.0 Å². The van der Waals surface area contributed by atoms with E-state index in [1.54, 1.807) is 14.2 Å². The van der Waals surface area contributed by atoms with Gasteiger partial charge in [0.2, 0.25) is 5.91 Å². The van der Waals surface area contributed by atoms with Gasteiger partial charge in [-0.1, -0.05) is 36.4 Å². The maximum Gasteiger partial charge on any atom is 0.237 e. The predicted molar refractivity (Wildman–Crippen MR) is 124 cm³/mol. The van der Waals surface area contributed by atoms with Gasteiger partial charge in [0.25, 0.3) is 0 Å². The lowest BCUT2D eigenvalue weighted by atomic mass is 9.87. The highest BCUT2D eigenvalue weighted by Crippen LogP contribution is 2.37.